The van der Waals surface area contributed by atoms with Gasteiger partial charge in [-0.15, -0.1) is 0 Å². The van der Waals surface area contributed by atoms with Crippen LogP contribution in [0.5, 0.6) is 0 Å². The zero-order chi connectivity index (χ0) is 9.52. The minimum Gasteiger partial charge on any atom is -0.374 e. The highest BCUT2D eigenvalue weighted by atomic mass is 16.5. The van der Waals surface area contributed by atoms with E-state index in [4.69, 9.17) is 4.74 Å². The van der Waals surface area contributed by atoms with Gasteiger partial charge in [-0.1, -0.05) is 6.92 Å². The first kappa shape index (κ1) is 11.0. The molecule has 2 N–H and O–H groups in total. The molecule has 78 valence electrons. The van der Waals surface area contributed by atoms with Gasteiger partial charge in [0.05, 0.1) is 12.2 Å². The molecule has 0 radical (unpaired) electrons. The van der Waals surface area contributed by atoms with Gasteiger partial charge in [0.25, 0.3) is 0 Å². The first-order chi connectivity index (χ1) is 6.33. The summed E-state index contributed by atoms with van der Waals surface area (Å²) in [6.07, 6.45) is 3.37. The van der Waals surface area contributed by atoms with Crippen molar-refractivity contribution in [3.63, 3.8) is 0 Å². The van der Waals surface area contributed by atoms with Crippen LogP contribution in [0.2, 0.25) is 0 Å². The minimum atomic E-state index is 0.455. The molecule has 0 aliphatic carbocycles. The molecule has 0 saturated carbocycles. The highest BCUT2D eigenvalue weighted by Crippen LogP contribution is 2.17. The van der Waals surface area contributed by atoms with E-state index in [1.165, 1.54) is 12.8 Å². The standard InChI is InChI=1S/C10H22N2O/c1-3-11-6-7-12-8-10-5-4-9(2)13-10/h9-12H,3-8H2,1-2H3. The number of rotatable bonds is 6. The molecule has 0 amide bonds. The van der Waals surface area contributed by atoms with Gasteiger partial charge in [-0.3, -0.25) is 0 Å². The lowest BCUT2D eigenvalue weighted by atomic mass is 10.2. The quantitative estimate of drug-likeness (QED) is 0.601. The van der Waals surface area contributed by atoms with Crippen molar-refractivity contribution >= 4 is 0 Å². The monoisotopic (exact) mass is 186 g/mol. The molecule has 1 aliphatic heterocycles. The van der Waals surface area contributed by atoms with Crippen molar-refractivity contribution < 1.29 is 4.74 Å². The largest absolute Gasteiger partial charge is 0.374 e. The average molecular weight is 186 g/mol. The lowest BCUT2D eigenvalue weighted by Crippen LogP contribution is -2.32. The van der Waals surface area contributed by atoms with Crippen LogP contribution in [0.25, 0.3) is 0 Å². The molecule has 1 fully saturated rings. The molecule has 1 rings (SSSR count). The van der Waals surface area contributed by atoms with E-state index in [2.05, 4.69) is 24.5 Å². The number of hydrogen-bond donors (Lipinski definition) is 2. The molecular formula is C10H22N2O. The Morgan fingerprint density at radius 1 is 1.23 bits per heavy atom. The molecule has 0 bridgehead atoms. The van der Waals surface area contributed by atoms with Gasteiger partial charge in [-0.05, 0) is 26.3 Å². The minimum absolute atomic E-state index is 0.455. The molecule has 3 nitrogen and oxygen atoms in total. The second kappa shape index (κ2) is 6.35. The Hall–Kier alpha value is -0.120. The van der Waals surface area contributed by atoms with E-state index in [9.17, 15) is 0 Å². The normalized spacial score (nSPS) is 28.2. The number of hydrogen-bond acceptors (Lipinski definition) is 3. The van der Waals surface area contributed by atoms with Gasteiger partial charge in [0.2, 0.25) is 0 Å². The third-order valence-corrected chi connectivity index (χ3v) is 2.42. The predicted octanol–water partition coefficient (Wildman–Crippen LogP) is 0.753. The zero-order valence-electron chi connectivity index (χ0n) is 8.81. The van der Waals surface area contributed by atoms with E-state index in [1.807, 2.05) is 0 Å². The van der Waals surface area contributed by atoms with Crippen molar-refractivity contribution in [3.8, 4) is 0 Å². The summed E-state index contributed by atoms with van der Waals surface area (Å²) in [5, 5.41) is 6.67. The van der Waals surface area contributed by atoms with Gasteiger partial charge in [0.1, 0.15) is 0 Å². The van der Waals surface area contributed by atoms with Crippen molar-refractivity contribution in [1.29, 1.82) is 0 Å². The molecule has 1 heterocycles. The molecule has 0 aromatic carbocycles. The number of nitrogens with one attached hydrogen (secondary N) is 2. The Morgan fingerprint density at radius 3 is 2.62 bits per heavy atom. The van der Waals surface area contributed by atoms with Crippen molar-refractivity contribution in [1.82, 2.24) is 10.6 Å². The highest BCUT2D eigenvalue weighted by Gasteiger charge is 2.20. The lowest BCUT2D eigenvalue weighted by molar-refractivity contribution is 0.0562. The number of ether oxygens (including phenoxy) is 1. The van der Waals surface area contributed by atoms with Gasteiger partial charge in [-0.25, -0.2) is 0 Å². The van der Waals surface area contributed by atoms with Crippen LogP contribution in [0.1, 0.15) is 26.7 Å². The highest BCUT2D eigenvalue weighted by molar-refractivity contribution is 4.72. The van der Waals surface area contributed by atoms with Crippen LogP contribution in [0, 0.1) is 0 Å². The summed E-state index contributed by atoms with van der Waals surface area (Å²) in [5.41, 5.74) is 0. The molecule has 1 aliphatic rings. The van der Waals surface area contributed by atoms with Gasteiger partial charge in [0.15, 0.2) is 0 Å². The second-order valence-corrected chi connectivity index (χ2v) is 3.70. The van der Waals surface area contributed by atoms with E-state index in [-0.39, 0.29) is 0 Å². The maximum atomic E-state index is 5.68. The maximum Gasteiger partial charge on any atom is 0.0704 e. The third-order valence-electron chi connectivity index (χ3n) is 2.42. The van der Waals surface area contributed by atoms with E-state index >= 15 is 0 Å². The van der Waals surface area contributed by atoms with Crippen LogP contribution < -0.4 is 10.6 Å². The smallest absolute Gasteiger partial charge is 0.0704 e. The molecule has 13 heavy (non-hydrogen) atoms. The van der Waals surface area contributed by atoms with Crippen LogP contribution in [0.4, 0.5) is 0 Å². The Bertz CT molecular complexity index is 130. The van der Waals surface area contributed by atoms with E-state index < -0.39 is 0 Å². The van der Waals surface area contributed by atoms with Crippen LogP contribution >= 0.6 is 0 Å². The summed E-state index contributed by atoms with van der Waals surface area (Å²) in [4.78, 5) is 0. The summed E-state index contributed by atoms with van der Waals surface area (Å²) < 4.78 is 5.68. The van der Waals surface area contributed by atoms with E-state index in [1.54, 1.807) is 0 Å². The molecule has 3 heteroatoms. The first-order valence-electron chi connectivity index (χ1n) is 5.39. The first-order valence-corrected chi connectivity index (χ1v) is 5.39. The molecular weight excluding hydrogens is 164 g/mol. The van der Waals surface area contributed by atoms with Crippen molar-refractivity contribution in [2.24, 2.45) is 0 Å². The molecule has 1 saturated heterocycles. The van der Waals surface area contributed by atoms with Crippen molar-refractivity contribution in [3.05, 3.63) is 0 Å². The maximum absolute atomic E-state index is 5.68. The fourth-order valence-electron chi connectivity index (χ4n) is 1.65. The Kier molecular flexibility index (Phi) is 5.35. The SMILES string of the molecule is CCNCCNCC1CCC(C)O1. The molecule has 0 spiro atoms. The van der Waals surface area contributed by atoms with Crippen molar-refractivity contribution in [2.45, 2.75) is 38.9 Å². The van der Waals surface area contributed by atoms with Gasteiger partial charge in [0, 0.05) is 19.6 Å². The Labute approximate surface area is 81.2 Å². The van der Waals surface area contributed by atoms with Gasteiger partial charge < -0.3 is 15.4 Å². The predicted molar refractivity (Wildman–Crippen MR) is 55.0 cm³/mol. The average Bonchev–Trinajstić information content (AvgIpc) is 2.51. The van der Waals surface area contributed by atoms with Crippen LogP contribution in [-0.2, 0) is 4.74 Å². The van der Waals surface area contributed by atoms with Crippen LogP contribution in [0.15, 0.2) is 0 Å². The van der Waals surface area contributed by atoms with Gasteiger partial charge >= 0.3 is 0 Å². The Balaban J connectivity index is 1.88. The summed E-state index contributed by atoms with van der Waals surface area (Å²) in [5.74, 6) is 0. The zero-order valence-corrected chi connectivity index (χ0v) is 8.81. The van der Waals surface area contributed by atoms with Crippen LogP contribution in [0.3, 0.4) is 0 Å². The van der Waals surface area contributed by atoms with Crippen molar-refractivity contribution in [2.75, 3.05) is 26.2 Å². The number of likely N-dealkylation sites (N-methyl/N-ethyl adjacent to an activating group) is 1. The molecule has 0 aromatic heterocycles. The van der Waals surface area contributed by atoms with Crippen LogP contribution in [-0.4, -0.2) is 38.4 Å². The summed E-state index contributed by atoms with van der Waals surface area (Å²) in [7, 11) is 0. The topological polar surface area (TPSA) is 33.3 Å². The lowest BCUT2D eigenvalue weighted by Gasteiger charge is -2.12. The second-order valence-electron chi connectivity index (χ2n) is 3.70. The summed E-state index contributed by atoms with van der Waals surface area (Å²) in [6, 6.07) is 0. The van der Waals surface area contributed by atoms with E-state index in [0.717, 1.165) is 26.2 Å². The Morgan fingerprint density at radius 2 is 2.00 bits per heavy atom. The molecule has 2 atom stereocenters. The third kappa shape index (κ3) is 4.60. The van der Waals surface area contributed by atoms with E-state index in [0.29, 0.717) is 12.2 Å². The van der Waals surface area contributed by atoms with Gasteiger partial charge in [-0.2, -0.15) is 0 Å². The fourth-order valence-corrected chi connectivity index (χ4v) is 1.65. The summed E-state index contributed by atoms with van der Waals surface area (Å²) in [6.45, 7) is 8.44. The molecule has 0 aromatic rings. The molecule has 2 unspecified atom stereocenters. The summed E-state index contributed by atoms with van der Waals surface area (Å²) >= 11 is 0. The fraction of sp³-hybridized carbons (Fsp3) is 1.00.